The minimum absolute atomic E-state index is 0.0589. The molecular formula is C20H18F6N2S. The molecule has 0 atom stereocenters. The SMILES string of the molecule is FC(F)(F)c1cccc(NC(=S)NC2(c3cccc(C(F)(F)F)c3)CCCC2)c1. The lowest BCUT2D eigenvalue weighted by atomic mass is 9.87. The van der Waals surface area contributed by atoms with Gasteiger partial charge in [-0.2, -0.15) is 26.3 Å². The molecule has 0 amide bonds. The lowest BCUT2D eigenvalue weighted by Gasteiger charge is -2.33. The molecule has 0 unspecified atom stereocenters. The van der Waals surface area contributed by atoms with Gasteiger partial charge in [-0.1, -0.05) is 31.0 Å². The first-order chi connectivity index (χ1) is 13.5. The van der Waals surface area contributed by atoms with Crippen molar-refractivity contribution in [3.8, 4) is 0 Å². The van der Waals surface area contributed by atoms with Crippen LogP contribution in [-0.2, 0) is 17.9 Å². The fourth-order valence-electron chi connectivity index (χ4n) is 3.61. The number of alkyl halides is 6. The molecule has 3 rings (SSSR count). The Kier molecular flexibility index (Phi) is 5.80. The highest BCUT2D eigenvalue weighted by molar-refractivity contribution is 7.80. The van der Waals surface area contributed by atoms with Gasteiger partial charge in [-0.3, -0.25) is 0 Å². The average molecular weight is 432 g/mol. The number of benzene rings is 2. The van der Waals surface area contributed by atoms with Crippen LogP contribution < -0.4 is 10.6 Å². The van der Waals surface area contributed by atoms with Gasteiger partial charge in [0.15, 0.2) is 5.11 Å². The Morgan fingerprint density at radius 2 is 1.38 bits per heavy atom. The van der Waals surface area contributed by atoms with Crippen molar-refractivity contribution in [2.75, 3.05) is 5.32 Å². The summed E-state index contributed by atoms with van der Waals surface area (Å²) < 4.78 is 78.0. The second-order valence-electron chi connectivity index (χ2n) is 7.03. The Bertz CT molecular complexity index is 885. The molecule has 0 aromatic heterocycles. The summed E-state index contributed by atoms with van der Waals surface area (Å²) in [6.45, 7) is 0. The van der Waals surface area contributed by atoms with Crippen LogP contribution in [0, 0.1) is 0 Å². The van der Waals surface area contributed by atoms with Crippen molar-refractivity contribution in [1.29, 1.82) is 0 Å². The summed E-state index contributed by atoms with van der Waals surface area (Å²) in [6, 6.07) is 9.64. The van der Waals surface area contributed by atoms with E-state index >= 15 is 0 Å². The van der Waals surface area contributed by atoms with E-state index in [2.05, 4.69) is 10.6 Å². The summed E-state index contributed by atoms with van der Waals surface area (Å²) in [6.07, 6.45) is -6.22. The molecule has 2 nitrogen and oxygen atoms in total. The van der Waals surface area contributed by atoms with Gasteiger partial charge in [0.25, 0.3) is 0 Å². The van der Waals surface area contributed by atoms with Gasteiger partial charge < -0.3 is 10.6 Å². The number of hydrogen-bond donors (Lipinski definition) is 2. The number of anilines is 1. The summed E-state index contributed by atoms with van der Waals surface area (Å²) in [5, 5.41) is 5.84. The zero-order chi connectivity index (χ0) is 21.3. The highest BCUT2D eigenvalue weighted by Gasteiger charge is 2.39. The van der Waals surface area contributed by atoms with Gasteiger partial charge in [0.05, 0.1) is 16.7 Å². The van der Waals surface area contributed by atoms with E-state index in [0.717, 1.165) is 37.1 Å². The first-order valence-corrected chi connectivity index (χ1v) is 9.35. The summed E-state index contributed by atoms with van der Waals surface area (Å²) in [5.41, 5.74) is -1.77. The van der Waals surface area contributed by atoms with Crippen molar-refractivity contribution in [1.82, 2.24) is 5.32 Å². The molecule has 9 heteroatoms. The number of halogens is 6. The first-order valence-electron chi connectivity index (χ1n) is 8.94. The number of nitrogens with one attached hydrogen (secondary N) is 2. The highest BCUT2D eigenvalue weighted by atomic mass is 32.1. The van der Waals surface area contributed by atoms with Crippen LogP contribution >= 0.6 is 12.2 Å². The predicted octanol–water partition coefficient (Wildman–Crippen LogP) is 6.48. The minimum Gasteiger partial charge on any atom is -0.353 e. The van der Waals surface area contributed by atoms with Crippen molar-refractivity contribution in [2.45, 2.75) is 43.6 Å². The van der Waals surface area contributed by atoms with Crippen molar-refractivity contribution < 1.29 is 26.3 Å². The predicted molar refractivity (Wildman–Crippen MR) is 102 cm³/mol. The van der Waals surface area contributed by atoms with E-state index in [1.54, 1.807) is 6.07 Å². The van der Waals surface area contributed by atoms with Crippen LogP contribution in [0.2, 0.25) is 0 Å². The lowest BCUT2D eigenvalue weighted by Crippen LogP contribution is -2.45. The summed E-state index contributed by atoms with van der Waals surface area (Å²) in [5.74, 6) is 0. The molecule has 0 heterocycles. The zero-order valence-electron chi connectivity index (χ0n) is 15.1. The van der Waals surface area contributed by atoms with E-state index in [-0.39, 0.29) is 10.8 Å². The highest BCUT2D eigenvalue weighted by Crippen LogP contribution is 2.41. The van der Waals surface area contributed by atoms with Gasteiger partial charge in [0, 0.05) is 5.69 Å². The Morgan fingerprint density at radius 3 is 1.97 bits per heavy atom. The summed E-state index contributed by atoms with van der Waals surface area (Å²) >= 11 is 5.26. The topological polar surface area (TPSA) is 24.1 Å². The van der Waals surface area contributed by atoms with Gasteiger partial charge in [-0.15, -0.1) is 0 Å². The molecule has 2 aromatic rings. The summed E-state index contributed by atoms with van der Waals surface area (Å²) in [7, 11) is 0. The number of thiocarbonyl (C=S) groups is 1. The molecule has 29 heavy (non-hydrogen) atoms. The minimum atomic E-state index is -4.49. The Morgan fingerprint density at radius 1 is 0.828 bits per heavy atom. The van der Waals surface area contributed by atoms with Gasteiger partial charge in [-0.05, 0) is 61.0 Å². The van der Waals surface area contributed by atoms with Crippen LogP contribution in [0.25, 0.3) is 0 Å². The molecule has 156 valence electrons. The summed E-state index contributed by atoms with van der Waals surface area (Å²) in [4.78, 5) is 0. The van der Waals surface area contributed by atoms with Crippen LogP contribution in [0.5, 0.6) is 0 Å². The molecular weight excluding hydrogens is 414 g/mol. The Labute approximate surface area is 169 Å². The molecule has 1 fully saturated rings. The molecule has 2 N–H and O–H groups in total. The van der Waals surface area contributed by atoms with Gasteiger partial charge in [0.2, 0.25) is 0 Å². The fraction of sp³-hybridized carbons (Fsp3) is 0.350. The van der Waals surface area contributed by atoms with Crippen molar-refractivity contribution >= 4 is 23.0 Å². The lowest BCUT2D eigenvalue weighted by molar-refractivity contribution is -0.138. The molecule has 2 aromatic carbocycles. The van der Waals surface area contributed by atoms with E-state index in [1.807, 2.05) is 0 Å². The average Bonchev–Trinajstić information content (AvgIpc) is 3.10. The van der Waals surface area contributed by atoms with E-state index in [0.29, 0.717) is 18.4 Å². The standard InChI is InChI=1S/C20H18F6N2S/c21-19(22,23)14-6-3-5-13(11-14)18(9-1-2-10-18)28-17(29)27-16-8-4-7-15(12-16)20(24,25)26/h3-8,11-12H,1-2,9-10H2,(H2,27,28,29). The molecule has 0 radical (unpaired) electrons. The van der Waals surface area contributed by atoms with Crippen LogP contribution in [-0.4, -0.2) is 5.11 Å². The van der Waals surface area contributed by atoms with Crippen LogP contribution in [0.4, 0.5) is 32.0 Å². The smallest absolute Gasteiger partial charge is 0.353 e. The Hall–Kier alpha value is -2.29. The van der Waals surface area contributed by atoms with Crippen molar-refractivity contribution in [3.05, 3.63) is 65.2 Å². The van der Waals surface area contributed by atoms with Crippen LogP contribution in [0.15, 0.2) is 48.5 Å². The molecule has 0 bridgehead atoms. The molecule has 1 saturated carbocycles. The fourth-order valence-corrected chi connectivity index (χ4v) is 3.92. The second kappa shape index (κ2) is 7.85. The van der Waals surface area contributed by atoms with Crippen LogP contribution in [0.1, 0.15) is 42.4 Å². The molecule has 0 saturated heterocycles. The molecule has 1 aliphatic carbocycles. The quantitative estimate of drug-likeness (QED) is 0.429. The van der Waals surface area contributed by atoms with Gasteiger partial charge in [-0.25, -0.2) is 0 Å². The maximum Gasteiger partial charge on any atom is 0.416 e. The second-order valence-corrected chi connectivity index (χ2v) is 7.43. The molecule has 0 spiro atoms. The van der Waals surface area contributed by atoms with Gasteiger partial charge >= 0.3 is 12.4 Å². The Balaban J connectivity index is 1.82. The zero-order valence-corrected chi connectivity index (χ0v) is 15.9. The maximum atomic E-state index is 13.1. The van der Waals surface area contributed by atoms with E-state index in [9.17, 15) is 26.3 Å². The molecule has 0 aliphatic heterocycles. The van der Waals surface area contributed by atoms with E-state index in [4.69, 9.17) is 12.2 Å². The number of hydrogen-bond acceptors (Lipinski definition) is 1. The monoisotopic (exact) mass is 432 g/mol. The van der Waals surface area contributed by atoms with Crippen molar-refractivity contribution in [2.24, 2.45) is 0 Å². The number of rotatable bonds is 3. The third-order valence-corrected chi connectivity index (χ3v) is 5.20. The largest absolute Gasteiger partial charge is 0.416 e. The van der Waals surface area contributed by atoms with Gasteiger partial charge in [0.1, 0.15) is 0 Å². The normalized spacial score (nSPS) is 16.5. The van der Waals surface area contributed by atoms with E-state index < -0.39 is 29.0 Å². The van der Waals surface area contributed by atoms with Crippen LogP contribution in [0.3, 0.4) is 0 Å². The first kappa shape index (κ1) is 21.4. The van der Waals surface area contributed by atoms with E-state index in [1.165, 1.54) is 18.2 Å². The third-order valence-electron chi connectivity index (χ3n) is 5.00. The molecule has 1 aliphatic rings. The third kappa shape index (κ3) is 5.01. The maximum absolute atomic E-state index is 13.1. The van der Waals surface area contributed by atoms with Crippen molar-refractivity contribution in [3.63, 3.8) is 0 Å².